The molecule has 3 rings (SSSR count). The largest absolute Gasteiger partial charge is 0.338 e. The topological polar surface area (TPSA) is 32.3 Å². The van der Waals surface area contributed by atoms with Crippen molar-refractivity contribution in [2.24, 2.45) is 5.92 Å². The summed E-state index contributed by atoms with van der Waals surface area (Å²) in [5, 5.41) is 3.61. The Balaban J connectivity index is 0.00000161. The minimum Gasteiger partial charge on any atom is -0.338 e. The molecule has 2 saturated heterocycles. The summed E-state index contributed by atoms with van der Waals surface area (Å²) >= 11 is 1.64. The zero-order chi connectivity index (χ0) is 14.1. The first kappa shape index (κ1) is 16.8. The van der Waals surface area contributed by atoms with Crippen molar-refractivity contribution in [2.45, 2.75) is 45.6 Å². The number of carbonyl (C=O) groups excluding carboxylic acids is 1. The van der Waals surface area contributed by atoms with E-state index in [4.69, 9.17) is 0 Å². The molecular formula is C16H25ClN2OS. The summed E-state index contributed by atoms with van der Waals surface area (Å²) in [7, 11) is 0. The Morgan fingerprint density at radius 3 is 2.52 bits per heavy atom. The van der Waals surface area contributed by atoms with E-state index in [1.54, 1.807) is 11.3 Å². The van der Waals surface area contributed by atoms with E-state index < -0.39 is 0 Å². The monoisotopic (exact) mass is 328 g/mol. The normalized spacial score (nSPS) is 23.1. The molecule has 5 heteroatoms. The molecule has 0 aliphatic carbocycles. The quantitative estimate of drug-likeness (QED) is 0.902. The average Bonchev–Trinajstić information content (AvgIpc) is 3.09. The van der Waals surface area contributed by atoms with Gasteiger partial charge in [0.1, 0.15) is 0 Å². The number of aryl methyl sites for hydroxylation is 2. The van der Waals surface area contributed by atoms with E-state index >= 15 is 0 Å². The van der Waals surface area contributed by atoms with Crippen LogP contribution in [0.15, 0.2) is 6.07 Å². The van der Waals surface area contributed by atoms with Crippen LogP contribution in [0.4, 0.5) is 0 Å². The molecule has 1 aromatic heterocycles. The van der Waals surface area contributed by atoms with Gasteiger partial charge in [-0.1, -0.05) is 0 Å². The number of hydrogen-bond donors (Lipinski definition) is 1. The number of nitrogens with one attached hydrogen (secondary N) is 1. The van der Waals surface area contributed by atoms with Gasteiger partial charge in [0.15, 0.2) is 0 Å². The van der Waals surface area contributed by atoms with Crippen LogP contribution in [-0.4, -0.2) is 36.5 Å². The van der Waals surface area contributed by atoms with Gasteiger partial charge in [0, 0.05) is 24.0 Å². The van der Waals surface area contributed by atoms with Crippen LogP contribution in [0.2, 0.25) is 0 Å². The zero-order valence-corrected chi connectivity index (χ0v) is 14.5. The van der Waals surface area contributed by atoms with E-state index in [0.29, 0.717) is 6.04 Å². The first-order valence-corrected chi connectivity index (χ1v) is 8.56. The molecule has 2 aliphatic rings. The van der Waals surface area contributed by atoms with Crippen LogP contribution in [0.1, 0.15) is 45.8 Å². The fourth-order valence-electron chi connectivity index (χ4n) is 3.45. The van der Waals surface area contributed by atoms with Crippen molar-refractivity contribution in [3.05, 3.63) is 21.4 Å². The number of likely N-dealkylation sites (tertiary alicyclic amines) is 1. The maximum Gasteiger partial charge on any atom is 0.263 e. The van der Waals surface area contributed by atoms with E-state index in [9.17, 15) is 4.79 Å². The molecule has 1 aromatic rings. The molecule has 0 radical (unpaired) electrons. The van der Waals surface area contributed by atoms with E-state index in [2.05, 4.69) is 24.1 Å². The summed E-state index contributed by atoms with van der Waals surface area (Å²) in [5.74, 6) is 1.01. The van der Waals surface area contributed by atoms with Crippen LogP contribution in [0.3, 0.4) is 0 Å². The molecule has 3 nitrogen and oxygen atoms in total. The Labute approximate surface area is 137 Å². The van der Waals surface area contributed by atoms with Gasteiger partial charge in [0.25, 0.3) is 5.91 Å². The molecule has 2 aliphatic heterocycles. The van der Waals surface area contributed by atoms with Crippen molar-refractivity contribution in [1.82, 2.24) is 10.2 Å². The van der Waals surface area contributed by atoms with E-state index in [1.807, 2.05) is 6.07 Å². The summed E-state index contributed by atoms with van der Waals surface area (Å²) in [6, 6.07) is 2.76. The van der Waals surface area contributed by atoms with Crippen LogP contribution >= 0.6 is 23.7 Å². The minimum absolute atomic E-state index is 0. The molecular weight excluding hydrogens is 304 g/mol. The Morgan fingerprint density at radius 1 is 1.29 bits per heavy atom. The first-order chi connectivity index (χ1) is 9.65. The van der Waals surface area contributed by atoms with Gasteiger partial charge in [-0.15, -0.1) is 23.7 Å². The third-order valence-electron chi connectivity index (χ3n) is 4.87. The lowest BCUT2D eigenvalue weighted by Gasteiger charge is -2.34. The van der Waals surface area contributed by atoms with Crippen molar-refractivity contribution in [1.29, 1.82) is 0 Å². The third-order valence-corrected chi connectivity index (χ3v) is 6.01. The lowest BCUT2D eigenvalue weighted by atomic mass is 9.88. The van der Waals surface area contributed by atoms with E-state index in [0.717, 1.165) is 36.7 Å². The van der Waals surface area contributed by atoms with Gasteiger partial charge in [0.2, 0.25) is 0 Å². The standard InChI is InChI=1S/C16H24N2OS.ClH/c1-11-10-15(20-12(11)2)16(19)18-8-5-13(6-9-18)14-4-3-7-17-14;/h10,13-14,17H,3-9H2,1-2H3;1H. The molecule has 118 valence electrons. The van der Waals surface area contributed by atoms with Crippen LogP contribution < -0.4 is 5.32 Å². The van der Waals surface area contributed by atoms with Crippen LogP contribution in [0.5, 0.6) is 0 Å². The second-order valence-corrected chi connectivity index (χ2v) is 7.44. The number of amides is 1. The lowest BCUT2D eigenvalue weighted by molar-refractivity contribution is 0.0679. The molecule has 0 saturated carbocycles. The van der Waals surface area contributed by atoms with Gasteiger partial charge >= 0.3 is 0 Å². The summed E-state index contributed by atoms with van der Waals surface area (Å²) < 4.78 is 0. The van der Waals surface area contributed by atoms with Gasteiger partial charge in [-0.05, 0) is 63.6 Å². The Bertz CT molecular complexity index is 469. The number of piperidine rings is 1. The molecule has 1 unspecified atom stereocenters. The van der Waals surface area contributed by atoms with Crippen molar-refractivity contribution >= 4 is 29.7 Å². The second kappa shape index (κ2) is 7.12. The van der Waals surface area contributed by atoms with Crippen LogP contribution in [0, 0.1) is 19.8 Å². The van der Waals surface area contributed by atoms with Gasteiger partial charge < -0.3 is 10.2 Å². The van der Waals surface area contributed by atoms with Crippen molar-refractivity contribution in [2.75, 3.05) is 19.6 Å². The van der Waals surface area contributed by atoms with E-state index in [-0.39, 0.29) is 18.3 Å². The predicted molar refractivity (Wildman–Crippen MR) is 90.7 cm³/mol. The number of thiophene rings is 1. The summed E-state index contributed by atoms with van der Waals surface area (Å²) in [5.41, 5.74) is 1.24. The second-order valence-electron chi connectivity index (χ2n) is 6.18. The molecule has 1 atom stereocenters. The number of halogens is 1. The maximum absolute atomic E-state index is 12.5. The summed E-state index contributed by atoms with van der Waals surface area (Å²) in [4.78, 5) is 16.7. The van der Waals surface area contributed by atoms with E-state index in [1.165, 1.54) is 29.8 Å². The van der Waals surface area contributed by atoms with Crippen molar-refractivity contribution in [3.8, 4) is 0 Å². The molecule has 2 fully saturated rings. The molecule has 1 N–H and O–H groups in total. The maximum atomic E-state index is 12.5. The first-order valence-electron chi connectivity index (χ1n) is 7.75. The van der Waals surface area contributed by atoms with Crippen LogP contribution in [-0.2, 0) is 0 Å². The predicted octanol–water partition coefficient (Wildman–Crippen LogP) is 3.39. The zero-order valence-electron chi connectivity index (χ0n) is 12.9. The lowest BCUT2D eigenvalue weighted by Crippen LogP contribution is -2.43. The van der Waals surface area contributed by atoms with Gasteiger partial charge in [-0.2, -0.15) is 0 Å². The molecule has 0 bridgehead atoms. The van der Waals surface area contributed by atoms with Gasteiger partial charge in [-0.3, -0.25) is 4.79 Å². The Kier molecular flexibility index (Phi) is 5.69. The molecule has 3 heterocycles. The van der Waals surface area contributed by atoms with Crippen LogP contribution in [0.25, 0.3) is 0 Å². The Morgan fingerprint density at radius 2 is 2.00 bits per heavy atom. The number of rotatable bonds is 2. The van der Waals surface area contributed by atoms with Gasteiger partial charge in [0.05, 0.1) is 4.88 Å². The molecule has 0 aromatic carbocycles. The highest BCUT2D eigenvalue weighted by atomic mass is 35.5. The van der Waals surface area contributed by atoms with Crippen molar-refractivity contribution < 1.29 is 4.79 Å². The number of hydrogen-bond acceptors (Lipinski definition) is 3. The van der Waals surface area contributed by atoms with Gasteiger partial charge in [-0.25, -0.2) is 0 Å². The SMILES string of the molecule is Cc1cc(C(=O)N2CCC(C3CCCN3)CC2)sc1C.Cl. The summed E-state index contributed by atoms with van der Waals surface area (Å²) in [6.45, 7) is 7.21. The third kappa shape index (κ3) is 3.61. The minimum atomic E-state index is 0. The molecule has 21 heavy (non-hydrogen) atoms. The van der Waals surface area contributed by atoms with Crippen molar-refractivity contribution in [3.63, 3.8) is 0 Å². The highest BCUT2D eigenvalue weighted by Crippen LogP contribution is 2.28. The molecule has 1 amide bonds. The number of nitrogens with zero attached hydrogens (tertiary/aromatic N) is 1. The average molecular weight is 329 g/mol. The highest BCUT2D eigenvalue weighted by molar-refractivity contribution is 7.14. The summed E-state index contributed by atoms with van der Waals surface area (Å²) in [6.07, 6.45) is 4.96. The highest BCUT2D eigenvalue weighted by Gasteiger charge is 2.30. The fraction of sp³-hybridized carbons (Fsp3) is 0.688. The molecule has 0 spiro atoms. The Hall–Kier alpha value is -0.580. The number of carbonyl (C=O) groups is 1. The smallest absolute Gasteiger partial charge is 0.263 e. The fourth-order valence-corrected chi connectivity index (χ4v) is 4.46.